The molecular weight excluding hydrogens is 434 g/mol. The third-order valence-corrected chi connectivity index (χ3v) is 8.27. The highest BCUT2D eigenvalue weighted by atomic mass is 16.6. The predicted molar refractivity (Wildman–Crippen MR) is 137 cm³/mol. The van der Waals surface area contributed by atoms with Crippen LogP contribution in [0.4, 0.5) is 4.79 Å². The topological polar surface area (TPSA) is 46.6 Å². The molecule has 2 unspecified atom stereocenters. The number of carbonyl (C=O) groups is 2. The van der Waals surface area contributed by atoms with Gasteiger partial charge in [0.15, 0.2) is 5.78 Å². The number of aryl methyl sites for hydroxylation is 1. The van der Waals surface area contributed by atoms with Crippen molar-refractivity contribution in [2.24, 2.45) is 5.92 Å². The minimum absolute atomic E-state index is 0.0164. The Labute approximate surface area is 206 Å². The zero-order valence-corrected chi connectivity index (χ0v) is 20.2. The molecule has 2 aliphatic heterocycles. The number of benzene rings is 3. The van der Waals surface area contributed by atoms with Crippen LogP contribution >= 0.6 is 0 Å². The van der Waals surface area contributed by atoms with Crippen LogP contribution in [0.5, 0.6) is 0 Å². The molecule has 2 saturated heterocycles. The van der Waals surface area contributed by atoms with Crippen molar-refractivity contribution in [2.75, 3.05) is 6.61 Å². The van der Waals surface area contributed by atoms with Crippen LogP contribution in [0.1, 0.15) is 65.6 Å². The van der Waals surface area contributed by atoms with Crippen molar-refractivity contribution >= 4 is 11.9 Å². The minimum Gasteiger partial charge on any atom is -0.448 e. The number of rotatable bonds is 5. The number of hydrogen-bond acceptors (Lipinski definition) is 3. The second-order valence-corrected chi connectivity index (χ2v) is 10.2. The molecule has 2 bridgehead atoms. The number of hydrogen-bond donors (Lipinski definition) is 0. The van der Waals surface area contributed by atoms with E-state index in [1.807, 2.05) is 23.1 Å². The third kappa shape index (κ3) is 3.85. The molecule has 2 atom stereocenters. The van der Waals surface area contributed by atoms with E-state index in [4.69, 9.17) is 4.74 Å². The van der Waals surface area contributed by atoms with E-state index in [1.54, 1.807) is 0 Å². The smallest absolute Gasteiger partial charge is 0.410 e. The van der Waals surface area contributed by atoms with Crippen LogP contribution in [-0.4, -0.2) is 35.5 Å². The quantitative estimate of drug-likeness (QED) is 0.398. The molecule has 35 heavy (non-hydrogen) atoms. The van der Waals surface area contributed by atoms with Crippen molar-refractivity contribution in [2.45, 2.75) is 57.0 Å². The molecule has 2 fully saturated rings. The van der Waals surface area contributed by atoms with E-state index in [0.717, 1.165) is 37.7 Å². The summed E-state index contributed by atoms with van der Waals surface area (Å²) in [6, 6.07) is 25.0. The number of ketones is 1. The highest BCUT2D eigenvalue weighted by Crippen LogP contribution is 2.45. The van der Waals surface area contributed by atoms with E-state index in [0.29, 0.717) is 6.61 Å². The molecule has 6 rings (SSSR count). The van der Waals surface area contributed by atoms with Gasteiger partial charge in [-0.1, -0.05) is 73.7 Å². The van der Waals surface area contributed by atoms with Crippen LogP contribution < -0.4 is 0 Å². The standard InChI is InChI=1S/C31H31NO3/c1-2-20-8-7-9-21(16-20)30(33)22-17-23-14-15-24(18-22)32(23)31(34)35-19-29-27-12-5-3-10-25(27)26-11-4-6-13-28(26)29/h3-13,16,22-24,29H,2,14-15,17-19H2,1H3. The predicted octanol–water partition coefficient (Wildman–Crippen LogP) is 6.62. The minimum atomic E-state index is -0.224. The first-order chi connectivity index (χ1) is 17.1. The fraction of sp³-hybridized carbons (Fsp3) is 0.355. The first-order valence-electron chi connectivity index (χ1n) is 12.9. The van der Waals surface area contributed by atoms with Crippen LogP contribution in [0, 0.1) is 5.92 Å². The van der Waals surface area contributed by atoms with Gasteiger partial charge in [-0.2, -0.15) is 0 Å². The molecule has 0 aromatic heterocycles. The second-order valence-electron chi connectivity index (χ2n) is 10.2. The van der Waals surface area contributed by atoms with Crippen LogP contribution in [0.2, 0.25) is 0 Å². The lowest BCUT2D eigenvalue weighted by Gasteiger charge is -2.37. The summed E-state index contributed by atoms with van der Waals surface area (Å²) in [5, 5.41) is 0. The molecular formula is C31H31NO3. The zero-order valence-electron chi connectivity index (χ0n) is 20.2. The number of piperidine rings is 1. The highest BCUT2D eigenvalue weighted by molar-refractivity contribution is 5.98. The van der Waals surface area contributed by atoms with Crippen molar-refractivity contribution in [1.29, 1.82) is 0 Å². The molecule has 178 valence electrons. The zero-order chi connectivity index (χ0) is 23.9. The van der Waals surface area contributed by atoms with Crippen molar-refractivity contribution in [3.63, 3.8) is 0 Å². The van der Waals surface area contributed by atoms with Gasteiger partial charge in [0.2, 0.25) is 0 Å². The number of fused-ring (bicyclic) bond motifs is 5. The first-order valence-corrected chi connectivity index (χ1v) is 12.9. The summed E-state index contributed by atoms with van der Waals surface area (Å²) in [5.74, 6) is 0.274. The monoisotopic (exact) mass is 465 g/mol. The summed E-state index contributed by atoms with van der Waals surface area (Å²) in [6.07, 6.45) is 4.07. The van der Waals surface area contributed by atoms with E-state index >= 15 is 0 Å². The molecule has 3 aliphatic rings. The molecule has 4 heteroatoms. The second kappa shape index (κ2) is 8.99. The van der Waals surface area contributed by atoms with Crippen LogP contribution in [-0.2, 0) is 11.2 Å². The molecule has 3 aromatic carbocycles. The van der Waals surface area contributed by atoms with Crippen LogP contribution in [0.25, 0.3) is 11.1 Å². The van der Waals surface area contributed by atoms with E-state index in [9.17, 15) is 9.59 Å². The molecule has 4 nitrogen and oxygen atoms in total. The fourth-order valence-corrected chi connectivity index (χ4v) is 6.54. The van der Waals surface area contributed by atoms with Gasteiger partial charge in [-0.25, -0.2) is 4.79 Å². The summed E-state index contributed by atoms with van der Waals surface area (Å²) >= 11 is 0. The Kier molecular flexibility index (Phi) is 5.68. The summed E-state index contributed by atoms with van der Waals surface area (Å²) in [6.45, 7) is 2.45. The molecule has 0 N–H and O–H groups in total. The van der Waals surface area contributed by atoms with Crippen molar-refractivity contribution in [3.05, 3.63) is 95.1 Å². The Bertz CT molecular complexity index is 1220. The van der Waals surface area contributed by atoms with E-state index in [2.05, 4.69) is 61.5 Å². The summed E-state index contributed by atoms with van der Waals surface area (Å²) in [5.41, 5.74) is 6.91. The van der Waals surface area contributed by atoms with Gasteiger partial charge in [0.25, 0.3) is 0 Å². The number of amides is 1. The van der Waals surface area contributed by atoms with Gasteiger partial charge in [0.05, 0.1) is 0 Å². The lowest BCUT2D eigenvalue weighted by Crippen LogP contribution is -2.48. The van der Waals surface area contributed by atoms with Crippen molar-refractivity contribution in [1.82, 2.24) is 4.90 Å². The van der Waals surface area contributed by atoms with Gasteiger partial charge < -0.3 is 9.64 Å². The van der Waals surface area contributed by atoms with E-state index in [-0.39, 0.29) is 35.8 Å². The number of nitrogens with zero attached hydrogens (tertiary/aromatic N) is 1. The lowest BCUT2D eigenvalue weighted by molar-refractivity contribution is 0.0506. The van der Waals surface area contributed by atoms with Gasteiger partial charge in [-0.05, 0) is 66.0 Å². The van der Waals surface area contributed by atoms with Gasteiger partial charge in [0.1, 0.15) is 6.61 Å². The first kappa shape index (κ1) is 22.1. The third-order valence-electron chi connectivity index (χ3n) is 8.27. The van der Waals surface area contributed by atoms with Gasteiger partial charge in [-0.15, -0.1) is 0 Å². The highest BCUT2D eigenvalue weighted by Gasteiger charge is 2.46. The molecule has 1 aliphatic carbocycles. The Morgan fingerprint density at radius 1 is 0.857 bits per heavy atom. The maximum atomic E-state index is 13.3. The van der Waals surface area contributed by atoms with Crippen molar-refractivity contribution < 1.29 is 14.3 Å². The van der Waals surface area contributed by atoms with E-state index < -0.39 is 0 Å². The van der Waals surface area contributed by atoms with Gasteiger partial charge in [-0.3, -0.25) is 4.79 Å². The largest absolute Gasteiger partial charge is 0.448 e. The van der Waals surface area contributed by atoms with Crippen molar-refractivity contribution in [3.8, 4) is 11.1 Å². The van der Waals surface area contributed by atoms with Crippen LogP contribution in [0.15, 0.2) is 72.8 Å². The van der Waals surface area contributed by atoms with E-state index in [1.165, 1.54) is 27.8 Å². The Morgan fingerprint density at radius 2 is 1.49 bits per heavy atom. The average molecular weight is 466 g/mol. The molecule has 0 saturated carbocycles. The molecule has 2 heterocycles. The summed E-state index contributed by atoms with van der Waals surface area (Å²) in [7, 11) is 0. The maximum absolute atomic E-state index is 13.3. The molecule has 3 aromatic rings. The number of carbonyl (C=O) groups excluding carboxylic acids is 2. The Morgan fingerprint density at radius 3 is 2.11 bits per heavy atom. The number of Topliss-reactive ketones (excluding diaryl/α,β-unsaturated/α-hetero) is 1. The van der Waals surface area contributed by atoms with Crippen LogP contribution in [0.3, 0.4) is 0 Å². The molecule has 0 radical (unpaired) electrons. The SMILES string of the molecule is CCc1cccc(C(=O)C2CC3CCC(C2)N3C(=O)OCC2c3ccccc3-c3ccccc32)c1. The summed E-state index contributed by atoms with van der Waals surface area (Å²) in [4.78, 5) is 28.5. The lowest BCUT2D eigenvalue weighted by atomic mass is 9.84. The Hall–Kier alpha value is -3.40. The fourth-order valence-electron chi connectivity index (χ4n) is 6.54. The average Bonchev–Trinajstić information content (AvgIpc) is 3.37. The number of ether oxygens (including phenoxy) is 1. The molecule has 0 spiro atoms. The maximum Gasteiger partial charge on any atom is 0.410 e. The van der Waals surface area contributed by atoms with Gasteiger partial charge in [0, 0.05) is 29.5 Å². The summed E-state index contributed by atoms with van der Waals surface area (Å²) < 4.78 is 5.97. The Balaban J connectivity index is 1.14. The molecule has 1 amide bonds. The normalized spacial score (nSPS) is 22.5. The van der Waals surface area contributed by atoms with Gasteiger partial charge >= 0.3 is 6.09 Å².